The van der Waals surface area contributed by atoms with Gasteiger partial charge in [-0.3, -0.25) is 9.59 Å². The Morgan fingerprint density at radius 1 is 0.921 bits per heavy atom. The number of ether oxygens (including phenoxy) is 2. The van der Waals surface area contributed by atoms with Gasteiger partial charge in [0.1, 0.15) is 29.1 Å². The molecule has 8 nitrogen and oxygen atoms in total. The molecule has 0 radical (unpaired) electrons. The van der Waals surface area contributed by atoms with Crippen LogP contribution in [-0.4, -0.2) is 34.4 Å². The van der Waals surface area contributed by atoms with Gasteiger partial charge in [0.2, 0.25) is 5.91 Å². The molecule has 0 fully saturated rings. The van der Waals surface area contributed by atoms with Gasteiger partial charge in [0.25, 0.3) is 5.91 Å². The van der Waals surface area contributed by atoms with E-state index in [1.54, 1.807) is 44.4 Å². The van der Waals surface area contributed by atoms with E-state index >= 15 is 0 Å². The molecule has 1 unspecified atom stereocenters. The number of aromatic nitrogens is 2. The summed E-state index contributed by atoms with van der Waals surface area (Å²) in [6.45, 7) is 1.96. The van der Waals surface area contributed by atoms with Crippen LogP contribution in [0, 0.1) is 0 Å². The Labute approximate surface area is 226 Å². The molecule has 1 aromatic heterocycles. The summed E-state index contributed by atoms with van der Waals surface area (Å²) < 4.78 is 11.0. The molecular formula is C29H27ClN4O4. The lowest BCUT2D eigenvalue weighted by Crippen LogP contribution is -2.58. The molecular weight excluding hydrogens is 504 g/mol. The molecule has 0 saturated heterocycles. The van der Waals surface area contributed by atoms with Crippen molar-refractivity contribution in [1.29, 1.82) is 0 Å². The number of amides is 2. The monoisotopic (exact) mass is 530 g/mol. The summed E-state index contributed by atoms with van der Waals surface area (Å²) in [4.78, 5) is 34.1. The zero-order chi connectivity index (χ0) is 27.0. The van der Waals surface area contributed by atoms with Crippen LogP contribution in [0.1, 0.15) is 28.4 Å². The highest BCUT2D eigenvalue weighted by Gasteiger charge is 2.35. The highest BCUT2D eigenvalue weighted by Crippen LogP contribution is 2.32. The Morgan fingerprint density at radius 2 is 1.61 bits per heavy atom. The van der Waals surface area contributed by atoms with E-state index in [1.165, 1.54) is 18.7 Å². The topological polar surface area (TPSA) is 102 Å². The van der Waals surface area contributed by atoms with Crippen molar-refractivity contribution >= 4 is 23.4 Å². The molecule has 0 aliphatic rings. The first-order valence-electron chi connectivity index (χ1n) is 11.9. The predicted octanol–water partition coefficient (Wildman–Crippen LogP) is 4.98. The van der Waals surface area contributed by atoms with Crippen LogP contribution >= 0.6 is 11.6 Å². The van der Waals surface area contributed by atoms with Gasteiger partial charge in [-0.1, -0.05) is 54.1 Å². The van der Waals surface area contributed by atoms with E-state index in [1.807, 2.05) is 42.5 Å². The maximum Gasteiger partial charge on any atom is 0.255 e. The number of benzene rings is 3. The molecule has 2 amide bonds. The predicted molar refractivity (Wildman–Crippen MR) is 144 cm³/mol. The van der Waals surface area contributed by atoms with E-state index < -0.39 is 11.4 Å². The quantitative estimate of drug-likeness (QED) is 0.300. The first-order valence-corrected chi connectivity index (χ1v) is 12.2. The van der Waals surface area contributed by atoms with Crippen molar-refractivity contribution in [3.63, 3.8) is 0 Å². The molecule has 4 aromatic rings. The molecule has 0 bridgehead atoms. The van der Waals surface area contributed by atoms with E-state index in [0.717, 1.165) is 11.1 Å². The van der Waals surface area contributed by atoms with Crippen molar-refractivity contribution in [3.05, 3.63) is 113 Å². The highest BCUT2D eigenvalue weighted by molar-refractivity contribution is 6.32. The van der Waals surface area contributed by atoms with Gasteiger partial charge >= 0.3 is 0 Å². The van der Waals surface area contributed by atoms with Gasteiger partial charge in [-0.15, -0.1) is 0 Å². The number of halogens is 1. The van der Waals surface area contributed by atoms with E-state index in [-0.39, 0.29) is 18.0 Å². The fourth-order valence-electron chi connectivity index (χ4n) is 3.80. The fourth-order valence-corrected chi connectivity index (χ4v) is 4.00. The van der Waals surface area contributed by atoms with E-state index in [2.05, 4.69) is 20.6 Å². The third-order valence-corrected chi connectivity index (χ3v) is 6.15. The number of nitrogens with one attached hydrogen (secondary N) is 2. The molecule has 0 aliphatic heterocycles. The summed E-state index contributed by atoms with van der Waals surface area (Å²) in [5.41, 5.74) is 0.819. The smallest absolute Gasteiger partial charge is 0.255 e. The van der Waals surface area contributed by atoms with Crippen molar-refractivity contribution in [2.24, 2.45) is 0 Å². The number of nitrogens with zero attached hydrogens (tertiary/aromatic N) is 2. The molecule has 3 aromatic carbocycles. The number of methoxy groups -OCH3 is 1. The zero-order valence-electron chi connectivity index (χ0n) is 21.0. The van der Waals surface area contributed by atoms with E-state index in [0.29, 0.717) is 28.7 Å². The lowest BCUT2D eigenvalue weighted by atomic mass is 9.91. The second kappa shape index (κ2) is 12.2. The van der Waals surface area contributed by atoms with E-state index in [9.17, 15) is 9.59 Å². The molecule has 0 aliphatic carbocycles. The summed E-state index contributed by atoms with van der Waals surface area (Å²) in [6.07, 6.45) is 4.46. The molecule has 2 N–H and O–H groups in total. The van der Waals surface area contributed by atoms with Gasteiger partial charge in [-0.25, -0.2) is 9.97 Å². The van der Waals surface area contributed by atoms with Gasteiger partial charge < -0.3 is 20.1 Å². The first-order chi connectivity index (χ1) is 18.4. The summed E-state index contributed by atoms with van der Waals surface area (Å²) in [5, 5.41) is 6.25. The number of carbonyl (C=O) groups excluding carboxylic acids is 2. The van der Waals surface area contributed by atoms with Crippen molar-refractivity contribution < 1.29 is 19.1 Å². The van der Waals surface area contributed by atoms with Gasteiger partial charge in [0, 0.05) is 31.4 Å². The number of hydrogen-bond acceptors (Lipinski definition) is 6. The minimum Gasteiger partial charge on any atom is -0.497 e. The number of rotatable bonds is 10. The van der Waals surface area contributed by atoms with Gasteiger partial charge in [0.15, 0.2) is 0 Å². The van der Waals surface area contributed by atoms with Crippen molar-refractivity contribution in [1.82, 2.24) is 20.6 Å². The lowest BCUT2D eigenvalue weighted by molar-refractivity contribution is -0.126. The average molecular weight is 531 g/mol. The van der Waals surface area contributed by atoms with Gasteiger partial charge in [-0.2, -0.15) is 0 Å². The second-order valence-electron chi connectivity index (χ2n) is 8.80. The van der Waals surface area contributed by atoms with Crippen LogP contribution in [-0.2, 0) is 17.8 Å². The number of carbonyl (C=O) groups is 2. The van der Waals surface area contributed by atoms with Crippen molar-refractivity contribution in [2.75, 3.05) is 7.11 Å². The Hall–Kier alpha value is -4.43. The van der Waals surface area contributed by atoms with Crippen LogP contribution in [0.5, 0.6) is 17.2 Å². The average Bonchev–Trinajstić information content (AvgIpc) is 2.94. The maximum atomic E-state index is 13.4. The summed E-state index contributed by atoms with van der Waals surface area (Å²) in [7, 11) is 1.57. The van der Waals surface area contributed by atoms with Gasteiger partial charge in [-0.05, 0) is 42.3 Å². The van der Waals surface area contributed by atoms with Crippen LogP contribution in [0.2, 0.25) is 5.02 Å². The SMILES string of the molecule is COc1ccc(Oc2ccc(CNC(=O)C(C)(Cc3ccccc3)NC(=O)c3cncnc3)cc2)c(Cl)c1. The van der Waals surface area contributed by atoms with Crippen molar-refractivity contribution in [2.45, 2.75) is 25.4 Å². The molecule has 38 heavy (non-hydrogen) atoms. The third kappa shape index (κ3) is 6.86. The van der Waals surface area contributed by atoms with Crippen molar-refractivity contribution in [3.8, 4) is 17.2 Å². The fraction of sp³-hybridized carbons (Fsp3) is 0.172. The minimum absolute atomic E-state index is 0.261. The summed E-state index contributed by atoms with van der Waals surface area (Å²) >= 11 is 6.26. The Bertz CT molecular complexity index is 1390. The Balaban J connectivity index is 1.43. The molecule has 1 atom stereocenters. The standard InChI is InChI=1S/C29H27ClN4O4/c1-29(15-20-6-4-3-5-7-20,34-27(35)22-17-31-19-32-18-22)28(36)33-16-21-8-10-23(11-9-21)38-26-13-12-24(37-2)14-25(26)30/h3-14,17-19H,15-16H2,1-2H3,(H,33,36)(H,34,35). The maximum absolute atomic E-state index is 13.4. The molecule has 4 rings (SSSR count). The molecule has 1 heterocycles. The first kappa shape index (κ1) is 26.6. The normalized spacial score (nSPS) is 12.2. The Kier molecular flexibility index (Phi) is 8.55. The van der Waals surface area contributed by atoms with Crippen LogP contribution in [0.25, 0.3) is 0 Å². The largest absolute Gasteiger partial charge is 0.497 e. The highest BCUT2D eigenvalue weighted by atomic mass is 35.5. The van der Waals surface area contributed by atoms with Crippen LogP contribution in [0.4, 0.5) is 0 Å². The Morgan fingerprint density at radius 3 is 2.26 bits per heavy atom. The van der Waals surface area contributed by atoms with Crippen LogP contribution in [0.3, 0.4) is 0 Å². The number of hydrogen-bond donors (Lipinski definition) is 2. The third-order valence-electron chi connectivity index (χ3n) is 5.86. The van der Waals surface area contributed by atoms with Gasteiger partial charge in [0.05, 0.1) is 17.7 Å². The minimum atomic E-state index is -1.22. The second-order valence-corrected chi connectivity index (χ2v) is 9.21. The molecule has 0 saturated carbocycles. The summed E-state index contributed by atoms with van der Waals surface area (Å²) in [5.74, 6) is 0.985. The zero-order valence-corrected chi connectivity index (χ0v) is 21.7. The van der Waals surface area contributed by atoms with E-state index in [4.69, 9.17) is 21.1 Å². The molecule has 9 heteroatoms. The molecule has 0 spiro atoms. The summed E-state index contributed by atoms with van der Waals surface area (Å²) in [6, 6.07) is 22.0. The van der Waals surface area contributed by atoms with Crippen LogP contribution < -0.4 is 20.1 Å². The molecule has 194 valence electrons. The van der Waals surface area contributed by atoms with Crippen LogP contribution in [0.15, 0.2) is 91.5 Å². The lowest BCUT2D eigenvalue weighted by Gasteiger charge is -2.30.